The van der Waals surface area contributed by atoms with Gasteiger partial charge in [0.25, 0.3) is 0 Å². The number of hydrogen-bond acceptors (Lipinski definition) is 2. The lowest BCUT2D eigenvalue weighted by atomic mass is 10.00. The van der Waals surface area contributed by atoms with E-state index in [9.17, 15) is 0 Å². The maximum atomic E-state index is 5.26. The smallest absolute Gasteiger partial charge is 0.101 e. The molecule has 0 aliphatic rings. The molecule has 0 atom stereocenters. The van der Waals surface area contributed by atoms with Gasteiger partial charge in [-0.3, -0.25) is 0 Å². The molecule has 0 saturated heterocycles. The Morgan fingerprint density at radius 1 is 1.43 bits per heavy atom. The van der Waals surface area contributed by atoms with E-state index in [2.05, 4.69) is 7.85 Å². The fourth-order valence-corrected chi connectivity index (χ4v) is 0.440. The second kappa shape index (κ2) is 4.15. The molecule has 0 aromatic carbocycles. The van der Waals surface area contributed by atoms with Crippen molar-refractivity contribution in [2.45, 2.75) is 25.3 Å². The quantitative estimate of drug-likeness (QED) is 0.355. The van der Waals surface area contributed by atoms with Crippen LogP contribution >= 0.6 is 0 Å². The van der Waals surface area contributed by atoms with E-state index in [-0.39, 0.29) is 6.17 Å². The highest BCUT2D eigenvalue weighted by atomic mass is 14.8. The topological polar surface area (TPSA) is 52.0 Å². The summed E-state index contributed by atoms with van der Waals surface area (Å²) in [4.78, 5) is 0. The van der Waals surface area contributed by atoms with Gasteiger partial charge >= 0.3 is 0 Å². The van der Waals surface area contributed by atoms with Crippen molar-refractivity contribution in [2.75, 3.05) is 0 Å². The Kier molecular flexibility index (Phi) is 4.14. The molecular formula is C4H13BN2. The molecule has 0 rings (SSSR count). The highest BCUT2D eigenvalue weighted by Crippen LogP contribution is 1.90. The van der Waals surface area contributed by atoms with Crippen LogP contribution in [0.15, 0.2) is 0 Å². The van der Waals surface area contributed by atoms with E-state index in [0.29, 0.717) is 0 Å². The molecule has 7 heavy (non-hydrogen) atoms. The van der Waals surface area contributed by atoms with E-state index in [1.54, 1.807) is 0 Å². The minimum atomic E-state index is -0.0973. The SMILES string of the molecule is BCCCC(N)N. The Balaban J connectivity index is 2.68. The molecule has 0 bridgehead atoms. The third-order valence-corrected chi connectivity index (χ3v) is 0.891. The summed E-state index contributed by atoms with van der Waals surface area (Å²) in [6, 6.07) is 0. The average molecular weight is 100.0 g/mol. The zero-order valence-corrected chi connectivity index (χ0v) is 4.85. The zero-order valence-electron chi connectivity index (χ0n) is 4.85. The first kappa shape index (κ1) is 6.98. The number of hydrogen-bond donors (Lipinski definition) is 2. The number of nitrogens with two attached hydrogens (primary N) is 2. The van der Waals surface area contributed by atoms with Gasteiger partial charge in [0.2, 0.25) is 0 Å². The predicted octanol–water partition coefficient (Wildman–Crippen LogP) is -0.938. The minimum Gasteiger partial charge on any atom is -0.316 e. The molecule has 2 nitrogen and oxygen atoms in total. The summed E-state index contributed by atoms with van der Waals surface area (Å²) in [5.41, 5.74) is 10.5. The van der Waals surface area contributed by atoms with Crippen molar-refractivity contribution in [3.05, 3.63) is 0 Å². The largest absolute Gasteiger partial charge is 0.316 e. The lowest BCUT2D eigenvalue weighted by molar-refractivity contribution is 0.627. The Hall–Kier alpha value is -0.0151. The molecule has 0 spiro atoms. The molecule has 42 valence electrons. The monoisotopic (exact) mass is 100 g/mol. The second-order valence-electron chi connectivity index (χ2n) is 1.81. The van der Waals surface area contributed by atoms with Crippen molar-refractivity contribution >= 4 is 7.85 Å². The summed E-state index contributed by atoms with van der Waals surface area (Å²) in [5.74, 6) is 0. The molecule has 0 unspecified atom stereocenters. The minimum absolute atomic E-state index is 0.0973. The van der Waals surface area contributed by atoms with Crippen LogP contribution in [-0.4, -0.2) is 14.0 Å². The zero-order chi connectivity index (χ0) is 5.70. The Bertz CT molecular complexity index is 38.7. The van der Waals surface area contributed by atoms with Crippen LogP contribution in [0.1, 0.15) is 12.8 Å². The van der Waals surface area contributed by atoms with Crippen LogP contribution in [-0.2, 0) is 0 Å². The van der Waals surface area contributed by atoms with Gasteiger partial charge in [0.1, 0.15) is 7.85 Å². The molecule has 0 aromatic rings. The molecule has 0 fully saturated rings. The second-order valence-corrected chi connectivity index (χ2v) is 1.81. The average Bonchev–Trinajstić information content (AvgIpc) is 1.61. The Morgan fingerprint density at radius 3 is 2.14 bits per heavy atom. The van der Waals surface area contributed by atoms with E-state index in [0.717, 1.165) is 12.8 Å². The normalized spacial score (nSPS) is 10.1. The van der Waals surface area contributed by atoms with Gasteiger partial charge in [-0.05, 0) is 6.42 Å². The third-order valence-electron chi connectivity index (χ3n) is 0.891. The first-order valence-corrected chi connectivity index (χ1v) is 2.78. The highest BCUT2D eigenvalue weighted by Gasteiger charge is 1.88. The summed E-state index contributed by atoms with van der Waals surface area (Å²) < 4.78 is 0. The van der Waals surface area contributed by atoms with Crippen molar-refractivity contribution in [2.24, 2.45) is 11.5 Å². The summed E-state index contributed by atoms with van der Waals surface area (Å²) in [7, 11) is 2.13. The molecule has 3 heteroatoms. The first-order chi connectivity index (χ1) is 3.27. The van der Waals surface area contributed by atoms with Gasteiger partial charge in [0.05, 0.1) is 6.17 Å². The molecule has 0 heterocycles. The van der Waals surface area contributed by atoms with Crippen LogP contribution in [0.2, 0.25) is 6.32 Å². The lowest BCUT2D eigenvalue weighted by Gasteiger charge is -2.00. The summed E-state index contributed by atoms with van der Waals surface area (Å²) >= 11 is 0. The van der Waals surface area contributed by atoms with Crippen LogP contribution in [0, 0.1) is 0 Å². The summed E-state index contributed by atoms with van der Waals surface area (Å²) in [5, 5.41) is 0. The van der Waals surface area contributed by atoms with Crippen LogP contribution in [0.4, 0.5) is 0 Å². The predicted molar refractivity (Wildman–Crippen MR) is 34.7 cm³/mol. The van der Waals surface area contributed by atoms with E-state index < -0.39 is 0 Å². The van der Waals surface area contributed by atoms with Gasteiger partial charge in [-0.25, -0.2) is 0 Å². The van der Waals surface area contributed by atoms with Crippen molar-refractivity contribution in [1.29, 1.82) is 0 Å². The third kappa shape index (κ3) is 5.98. The van der Waals surface area contributed by atoms with Crippen molar-refractivity contribution in [1.82, 2.24) is 0 Å². The van der Waals surface area contributed by atoms with Crippen LogP contribution in [0.25, 0.3) is 0 Å². The number of rotatable bonds is 3. The van der Waals surface area contributed by atoms with Gasteiger partial charge < -0.3 is 11.5 Å². The molecule has 4 N–H and O–H groups in total. The fraction of sp³-hybridized carbons (Fsp3) is 1.00. The van der Waals surface area contributed by atoms with E-state index >= 15 is 0 Å². The van der Waals surface area contributed by atoms with E-state index in [4.69, 9.17) is 11.5 Å². The van der Waals surface area contributed by atoms with Gasteiger partial charge in [-0.1, -0.05) is 12.7 Å². The maximum absolute atomic E-state index is 5.26. The molecule has 0 radical (unpaired) electrons. The molecule has 0 aromatic heterocycles. The van der Waals surface area contributed by atoms with Gasteiger partial charge in [-0.15, -0.1) is 0 Å². The van der Waals surface area contributed by atoms with Gasteiger partial charge in [0, 0.05) is 0 Å². The van der Waals surface area contributed by atoms with Crippen LogP contribution in [0.5, 0.6) is 0 Å². The van der Waals surface area contributed by atoms with Crippen molar-refractivity contribution in [3.63, 3.8) is 0 Å². The molecule has 0 aliphatic heterocycles. The van der Waals surface area contributed by atoms with Gasteiger partial charge in [-0.2, -0.15) is 0 Å². The maximum Gasteiger partial charge on any atom is 0.101 e. The molecule has 0 amide bonds. The highest BCUT2D eigenvalue weighted by molar-refractivity contribution is 6.08. The van der Waals surface area contributed by atoms with Crippen LogP contribution < -0.4 is 11.5 Å². The van der Waals surface area contributed by atoms with E-state index in [1.165, 1.54) is 6.32 Å². The van der Waals surface area contributed by atoms with E-state index in [1.807, 2.05) is 0 Å². The standard InChI is InChI=1S/C4H13BN2/c5-3-1-2-4(6)7/h4H,1-3,5-7H2. The lowest BCUT2D eigenvalue weighted by Crippen LogP contribution is -2.29. The molecule has 0 aliphatic carbocycles. The van der Waals surface area contributed by atoms with Crippen LogP contribution in [0.3, 0.4) is 0 Å². The Morgan fingerprint density at radius 2 is 2.00 bits per heavy atom. The summed E-state index contributed by atoms with van der Waals surface area (Å²) in [6.45, 7) is 0. The van der Waals surface area contributed by atoms with Crippen molar-refractivity contribution in [3.8, 4) is 0 Å². The van der Waals surface area contributed by atoms with Crippen molar-refractivity contribution < 1.29 is 0 Å². The summed E-state index contributed by atoms with van der Waals surface area (Å²) in [6.07, 6.45) is 3.19. The Labute approximate surface area is 45.7 Å². The molecule has 0 saturated carbocycles. The van der Waals surface area contributed by atoms with Gasteiger partial charge in [0.15, 0.2) is 0 Å². The fourth-order valence-electron chi connectivity index (χ4n) is 0.440. The molecular weight excluding hydrogens is 86.9 g/mol. The first-order valence-electron chi connectivity index (χ1n) is 2.78.